The van der Waals surface area contributed by atoms with Gasteiger partial charge in [-0.2, -0.15) is 0 Å². The van der Waals surface area contributed by atoms with Crippen molar-refractivity contribution in [1.29, 1.82) is 0 Å². The van der Waals surface area contributed by atoms with Crippen molar-refractivity contribution in [2.75, 3.05) is 24.2 Å². The van der Waals surface area contributed by atoms with Crippen LogP contribution in [0.15, 0.2) is 48.5 Å². The molecular formula is C26H37N3O5S. The standard InChI is InChI=1S/C26H37N3O5S/c1-7-20(4)27-26(31)24(8-2)28(17-21-11-9-10-19(3)16-21)25(30)18-29(35(6,32)33)22-12-14-23(34-5)15-13-22/h9-16,20,24H,7-8,17-18H2,1-6H3,(H,27,31)/t20-,24-/m1/s1. The number of methoxy groups -OCH3 is 1. The minimum Gasteiger partial charge on any atom is -0.497 e. The van der Waals surface area contributed by atoms with Crippen molar-refractivity contribution < 1.29 is 22.7 Å². The molecule has 0 fully saturated rings. The number of ether oxygens (including phenoxy) is 1. The summed E-state index contributed by atoms with van der Waals surface area (Å²) in [4.78, 5) is 28.3. The molecule has 0 heterocycles. The van der Waals surface area contributed by atoms with E-state index in [-0.39, 0.29) is 18.5 Å². The van der Waals surface area contributed by atoms with Gasteiger partial charge in [0.15, 0.2) is 0 Å². The predicted molar refractivity (Wildman–Crippen MR) is 139 cm³/mol. The van der Waals surface area contributed by atoms with Crippen LogP contribution in [0.3, 0.4) is 0 Å². The molecule has 9 heteroatoms. The lowest BCUT2D eigenvalue weighted by Crippen LogP contribution is -2.53. The molecule has 2 rings (SSSR count). The molecule has 1 N–H and O–H groups in total. The van der Waals surface area contributed by atoms with E-state index in [1.54, 1.807) is 24.3 Å². The van der Waals surface area contributed by atoms with Crippen LogP contribution in [0.5, 0.6) is 5.75 Å². The largest absolute Gasteiger partial charge is 0.497 e. The van der Waals surface area contributed by atoms with E-state index in [2.05, 4.69) is 5.32 Å². The van der Waals surface area contributed by atoms with Crippen molar-refractivity contribution >= 4 is 27.5 Å². The summed E-state index contributed by atoms with van der Waals surface area (Å²) in [5.74, 6) is -0.139. The molecular weight excluding hydrogens is 466 g/mol. The van der Waals surface area contributed by atoms with E-state index in [0.717, 1.165) is 28.1 Å². The smallest absolute Gasteiger partial charge is 0.244 e. The maximum absolute atomic E-state index is 13.7. The lowest BCUT2D eigenvalue weighted by atomic mass is 10.1. The molecule has 0 aliphatic carbocycles. The van der Waals surface area contributed by atoms with E-state index < -0.39 is 28.5 Å². The molecule has 0 spiro atoms. The molecule has 2 amide bonds. The number of hydrogen-bond acceptors (Lipinski definition) is 5. The highest BCUT2D eigenvalue weighted by Gasteiger charge is 2.32. The van der Waals surface area contributed by atoms with E-state index in [0.29, 0.717) is 17.9 Å². The third-order valence-corrected chi connectivity index (χ3v) is 7.00. The number of carbonyl (C=O) groups excluding carboxylic acids is 2. The number of amides is 2. The van der Waals surface area contributed by atoms with Gasteiger partial charge in [0.1, 0.15) is 18.3 Å². The van der Waals surface area contributed by atoms with Crippen LogP contribution in [-0.4, -0.2) is 57.1 Å². The molecule has 2 atom stereocenters. The summed E-state index contributed by atoms with van der Waals surface area (Å²) in [6.45, 7) is 7.44. The molecule has 2 aromatic rings. The van der Waals surface area contributed by atoms with Gasteiger partial charge in [-0.25, -0.2) is 8.42 Å². The summed E-state index contributed by atoms with van der Waals surface area (Å²) in [6.07, 6.45) is 2.21. The predicted octanol–water partition coefficient (Wildman–Crippen LogP) is 3.49. The van der Waals surface area contributed by atoms with Gasteiger partial charge in [0.2, 0.25) is 21.8 Å². The van der Waals surface area contributed by atoms with Crippen LogP contribution in [0.2, 0.25) is 0 Å². The zero-order valence-electron chi connectivity index (χ0n) is 21.4. The highest BCUT2D eigenvalue weighted by Crippen LogP contribution is 2.23. The fourth-order valence-corrected chi connectivity index (χ4v) is 4.58. The lowest BCUT2D eigenvalue weighted by molar-refractivity contribution is -0.140. The average molecular weight is 504 g/mol. The topological polar surface area (TPSA) is 96.0 Å². The molecule has 0 aliphatic rings. The van der Waals surface area contributed by atoms with Crippen LogP contribution in [0.4, 0.5) is 5.69 Å². The summed E-state index contributed by atoms with van der Waals surface area (Å²) >= 11 is 0. The van der Waals surface area contributed by atoms with Gasteiger partial charge in [-0.1, -0.05) is 43.7 Å². The molecule has 35 heavy (non-hydrogen) atoms. The van der Waals surface area contributed by atoms with Crippen LogP contribution in [0, 0.1) is 6.92 Å². The maximum Gasteiger partial charge on any atom is 0.244 e. The maximum atomic E-state index is 13.7. The fourth-order valence-electron chi connectivity index (χ4n) is 3.73. The Morgan fingerprint density at radius 3 is 2.23 bits per heavy atom. The van der Waals surface area contributed by atoms with E-state index in [1.165, 1.54) is 12.0 Å². The Hall–Kier alpha value is -3.07. The van der Waals surface area contributed by atoms with Gasteiger partial charge < -0.3 is 15.0 Å². The Morgan fingerprint density at radius 1 is 1.06 bits per heavy atom. The first-order valence-electron chi connectivity index (χ1n) is 11.8. The first-order valence-corrected chi connectivity index (χ1v) is 13.6. The normalized spacial score (nSPS) is 13.0. The molecule has 0 radical (unpaired) electrons. The number of sulfonamides is 1. The molecule has 0 aromatic heterocycles. The number of hydrogen-bond donors (Lipinski definition) is 1. The Kier molecular flexibility index (Phi) is 10.1. The zero-order chi connectivity index (χ0) is 26.2. The Bertz CT molecular complexity index is 1100. The first kappa shape index (κ1) is 28.2. The fraction of sp³-hybridized carbons (Fsp3) is 0.462. The highest BCUT2D eigenvalue weighted by atomic mass is 32.2. The number of benzene rings is 2. The molecule has 8 nitrogen and oxygen atoms in total. The minimum atomic E-state index is -3.78. The minimum absolute atomic E-state index is 0.0423. The molecule has 0 aliphatic heterocycles. The Labute approximate surface area is 209 Å². The number of carbonyl (C=O) groups is 2. The summed E-state index contributed by atoms with van der Waals surface area (Å²) < 4.78 is 31.5. The highest BCUT2D eigenvalue weighted by molar-refractivity contribution is 7.92. The van der Waals surface area contributed by atoms with Gasteiger partial charge in [0, 0.05) is 12.6 Å². The molecule has 0 saturated heterocycles. The molecule has 0 bridgehead atoms. The van der Waals surface area contributed by atoms with E-state index in [9.17, 15) is 18.0 Å². The first-order chi connectivity index (χ1) is 16.5. The van der Waals surface area contributed by atoms with Gasteiger partial charge in [-0.05, 0) is 56.5 Å². The lowest BCUT2D eigenvalue weighted by Gasteiger charge is -2.33. The van der Waals surface area contributed by atoms with E-state index >= 15 is 0 Å². The van der Waals surface area contributed by atoms with Crippen molar-refractivity contribution in [2.45, 2.75) is 59.2 Å². The van der Waals surface area contributed by atoms with Gasteiger partial charge >= 0.3 is 0 Å². The molecule has 0 unspecified atom stereocenters. The third kappa shape index (κ3) is 7.99. The zero-order valence-corrected chi connectivity index (χ0v) is 22.3. The van der Waals surface area contributed by atoms with Crippen molar-refractivity contribution in [3.05, 3.63) is 59.7 Å². The Balaban J connectivity index is 2.43. The second-order valence-corrected chi connectivity index (χ2v) is 10.6. The number of rotatable bonds is 12. The van der Waals surface area contributed by atoms with Crippen molar-refractivity contribution in [3.8, 4) is 5.75 Å². The van der Waals surface area contributed by atoms with E-state index in [1.807, 2.05) is 52.0 Å². The summed E-state index contributed by atoms with van der Waals surface area (Å²) in [6, 6.07) is 13.4. The van der Waals surface area contributed by atoms with Crippen LogP contribution < -0.4 is 14.4 Å². The van der Waals surface area contributed by atoms with Crippen LogP contribution in [0.25, 0.3) is 0 Å². The monoisotopic (exact) mass is 503 g/mol. The SMILES string of the molecule is CC[C@@H](C)NC(=O)[C@@H](CC)N(Cc1cccc(C)c1)C(=O)CN(c1ccc(OC)cc1)S(C)(=O)=O. The second-order valence-electron chi connectivity index (χ2n) is 8.72. The third-order valence-electron chi connectivity index (χ3n) is 5.86. The van der Waals surface area contributed by atoms with Crippen LogP contribution in [-0.2, 0) is 26.2 Å². The van der Waals surface area contributed by atoms with Gasteiger partial charge in [0.25, 0.3) is 0 Å². The molecule has 192 valence electrons. The number of aryl methyl sites for hydroxylation is 1. The quantitative estimate of drug-likeness (QED) is 0.478. The summed E-state index contributed by atoms with van der Waals surface area (Å²) in [5, 5.41) is 2.96. The number of nitrogens with one attached hydrogen (secondary N) is 1. The van der Waals surface area contributed by atoms with Crippen molar-refractivity contribution in [3.63, 3.8) is 0 Å². The molecule has 2 aromatic carbocycles. The molecule has 0 saturated carbocycles. The number of anilines is 1. The van der Waals surface area contributed by atoms with Gasteiger partial charge in [-0.15, -0.1) is 0 Å². The Morgan fingerprint density at radius 2 is 1.71 bits per heavy atom. The average Bonchev–Trinajstić information content (AvgIpc) is 2.81. The van der Waals surface area contributed by atoms with Crippen molar-refractivity contribution in [1.82, 2.24) is 10.2 Å². The van der Waals surface area contributed by atoms with Crippen molar-refractivity contribution in [2.24, 2.45) is 0 Å². The summed E-state index contributed by atoms with van der Waals surface area (Å²) in [5.41, 5.74) is 2.24. The van der Waals surface area contributed by atoms with Crippen LogP contribution in [0.1, 0.15) is 44.7 Å². The van der Waals surface area contributed by atoms with E-state index in [4.69, 9.17) is 4.74 Å². The van der Waals surface area contributed by atoms with Gasteiger partial charge in [-0.3, -0.25) is 13.9 Å². The second kappa shape index (κ2) is 12.6. The summed E-state index contributed by atoms with van der Waals surface area (Å²) in [7, 11) is -2.26. The van der Waals surface area contributed by atoms with Gasteiger partial charge in [0.05, 0.1) is 19.1 Å². The van der Waals surface area contributed by atoms with Crippen LogP contribution >= 0.6 is 0 Å². The number of nitrogens with zero attached hydrogens (tertiary/aromatic N) is 2.